The highest BCUT2D eigenvalue weighted by molar-refractivity contribution is 4.72. The van der Waals surface area contributed by atoms with Gasteiger partial charge in [-0.2, -0.15) is 0 Å². The first-order chi connectivity index (χ1) is 6.72. The zero-order valence-electron chi connectivity index (χ0n) is 8.98. The van der Waals surface area contributed by atoms with Crippen molar-refractivity contribution >= 4 is 0 Å². The zero-order chi connectivity index (χ0) is 10.4. The Morgan fingerprint density at radius 3 is 3.00 bits per heavy atom. The molecule has 0 amide bonds. The number of aliphatic hydroxyl groups is 1. The van der Waals surface area contributed by atoms with Gasteiger partial charge in [-0.3, -0.25) is 0 Å². The standard InChI is InChI=1S/C10H22N2O2/c1-12(7-9(11)4-5-13)8-10-3-2-6-14-10/h9-10,13H,2-8,11H2,1H3. The maximum absolute atomic E-state index is 8.71. The summed E-state index contributed by atoms with van der Waals surface area (Å²) >= 11 is 0. The fourth-order valence-corrected chi connectivity index (χ4v) is 1.87. The molecule has 14 heavy (non-hydrogen) atoms. The van der Waals surface area contributed by atoms with Crippen molar-refractivity contribution < 1.29 is 9.84 Å². The van der Waals surface area contributed by atoms with Gasteiger partial charge in [0, 0.05) is 32.3 Å². The highest BCUT2D eigenvalue weighted by Crippen LogP contribution is 2.12. The highest BCUT2D eigenvalue weighted by atomic mass is 16.5. The summed E-state index contributed by atoms with van der Waals surface area (Å²) in [4.78, 5) is 2.19. The Hall–Kier alpha value is -0.160. The molecule has 0 aromatic carbocycles. The Morgan fingerprint density at radius 2 is 2.43 bits per heavy atom. The molecule has 0 aromatic rings. The number of nitrogens with zero attached hydrogens (tertiary/aromatic N) is 1. The molecule has 0 aliphatic carbocycles. The molecule has 1 saturated heterocycles. The van der Waals surface area contributed by atoms with Crippen molar-refractivity contribution in [3.05, 3.63) is 0 Å². The van der Waals surface area contributed by atoms with Gasteiger partial charge in [-0.1, -0.05) is 0 Å². The fourth-order valence-electron chi connectivity index (χ4n) is 1.87. The third-order valence-electron chi connectivity index (χ3n) is 2.59. The van der Waals surface area contributed by atoms with Crippen LogP contribution < -0.4 is 5.73 Å². The molecule has 1 fully saturated rings. The van der Waals surface area contributed by atoms with E-state index in [1.54, 1.807) is 0 Å². The van der Waals surface area contributed by atoms with Crippen molar-refractivity contribution in [2.24, 2.45) is 5.73 Å². The highest BCUT2D eigenvalue weighted by Gasteiger charge is 2.18. The van der Waals surface area contributed by atoms with Crippen molar-refractivity contribution in [3.8, 4) is 0 Å². The minimum absolute atomic E-state index is 0.0754. The number of nitrogens with two attached hydrogens (primary N) is 1. The summed E-state index contributed by atoms with van der Waals surface area (Å²) < 4.78 is 5.53. The monoisotopic (exact) mass is 202 g/mol. The van der Waals surface area contributed by atoms with Crippen LogP contribution in [0.3, 0.4) is 0 Å². The van der Waals surface area contributed by atoms with E-state index in [0.717, 1.165) is 19.7 Å². The van der Waals surface area contributed by atoms with E-state index in [1.165, 1.54) is 12.8 Å². The summed E-state index contributed by atoms with van der Waals surface area (Å²) in [7, 11) is 2.05. The number of hydrogen-bond acceptors (Lipinski definition) is 4. The van der Waals surface area contributed by atoms with Crippen molar-refractivity contribution in [2.75, 3.05) is 33.4 Å². The van der Waals surface area contributed by atoms with Crippen LogP contribution in [0.5, 0.6) is 0 Å². The number of likely N-dealkylation sites (N-methyl/N-ethyl adjacent to an activating group) is 1. The van der Waals surface area contributed by atoms with Crippen LogP contribution in [0.4, 0.5) is 0 Å². The Morgan fingerprint density at radius 1 is 1.64 bits per heavy atom. The Kier molecular flexibility index (Phi) is 5.40. The van der Waals surface area contributed by atoms with E-state index in [9.17, 15) is 0 Å². The topological polar surface area (TPSA) is 58.7 Å². The third-order valence-corrected chi connectivity index (χ3v) is 2.59. The smallest absolute Gasteiger partial charge is 0.0702 e. The minimum Gasteiger partial charge on any atom is -0.396 e. The normalized spacial score (nSPS) is 24.4. The second kappa shape index (κ2) is 6.35. The van der Waals surface area contributed by atoms with E-state index in [0.29, 0.717) is 12.5 Å². The van der Waals surface area contributed by atoms with Crippen LogP contribution in [0.15, 0.2) is 0 Å². The number of ether oxygens (including phenoxy) is 1. The molecule has 2 unspecified atom stereocenters. The molecule has 0 radical (unpaired) electrons. The van der Waals surface area contributed by atoms with Gasteiger partial charge in [0.2, 0.25) is 0 Å². The van der Waals surface area contributed by atoms with E-state index < -0.39 is 0 Å². The number of aliphatic hydroxyl groups excluding tert-OH is 1. The molecule has 4 heteroatoms. The number of hydrogen-bond donors (Lipinski definition) is 2. The maximum Gasteiger partial charge on any atom is 0.0702 e. The molecule has 3 N–H and O–H groups in total. The first-order valence-electron chi connectivity index (χ1n) is 5.39. The molecular weight excluding hydrogens is 180 g/mol. The molecule has 0 aromatic heterocycles. The first kappa shape index (κ1) is 11.9. The van der Waals surface area contributed by atoms with Crippen LogP contribution in [0, 0.1) is 0 Å². The van der Waals surface area contributed by atoms with Gasteiger partial charge in [-0.25, -0.2) is 0 Å². The predicted octanol–water partition coefficient (Wildman–Crippen LogP) is -0.193. The Labute approximate surface area is 86.0 Å². The van der Waals surface area contributed by atoms with E-state index in [4.69, 9.17) is 15.6 Å². The predicted molar refractivity (Wildman–Crippen MR) is 56.1 cm³/mol. The molecule has 2 atom stereocenters. The summed E-state index contributed by atoms with van der Waals surface area (Å²) in [6, 6.07) is 0.0754. The summed E-state index contributed by atoms with van der Waals surface area (Å²) in [5.74, 6) is 0. The van der Waals surface area contributed by atoms with Crippen LogP contribution in [0.1, 0.15) is 19.3 Å². The van der Waals surface area contributed by atoms with Gasteiger partial charge >= 0.3 is 0 Å². The lowest BCUT2D eigenvalue weighted by atomic mass is 10.2. The van der Waals surface area contributed by atoms with Gasteiger partial charge in [-0.05, 0) is 26.3 Å². The Bertz CT molecular complexity index is 149. The second-order valence-electron chi connectivity index (χ2n) is 4.13. The van der Waals surface area contributed by atoms with E-state index >= 15 is 0 Å². The van der Waals surface area contributed by atoms with Gasteiger partial charge in [-0.15, -0.1) is 0 Å². The molecule has 0 saturated carbocycles. The average Bonchev–Trinajstić information content (AvgIpc) is 2.56. The van der Waals surface area contributed by atoms with Crippen LogP contribution in [0.2, 0.25) is 0 Å². The van der Waals surface area contributed by atoms with Gasteiger partial charge in [0.25, 0.3) is 0 Å². The summed E-state index contributed by atoms with van der Waals surface area (Å²) in [5, 5.41) is 8.71. The lowest BCUT2D eigenvalue weighted by Gasteiger charge is -2.23. The molecule has 0 bridgehead atoms. The van der Waals surface area contributed by atoms with Gasteiger partial charge in [0.15, 0.2) is 0 Å². The fraction of sp³-hybridized carbons (Fsp3) is 1.00. The van der Waals surface area contributed by atoms with Crippen LogP contribution in [-0.4, -0.2) is 55.5 Å². The van der Waals surface area contributed by atoms with Crippen LogP contribution in [-0.2, 0) is 4.74 Å². The summed E-state index contributed by atoms with van der Waals surface area (Å²) in [5.41, 5.74) is 5.82. The van der Waals surface area contributed by atoms with Crippen molar-refractivity contribution in [3.63, 3.8) is 0 Å². The quantitative estimate of drug-likeness (QED) is 0.626. The van der Waals surface area contributed by atoms with Crippen LogP contribution in [0.25, 0.3) is 0 Å². The molecule has 1 heterocycles. The van der Waals surface area contributed by atoms with E-state index in [2.05, 4.69) is 11.9 Å². The van der Waals surface area contributed by atoms with Gasteiger partial charge in [0.1, 0.15) is 0 Å². The van der Waals surface area contributed by atoms with Crippen LogP contribution >= 0.6 is 0 Å². The second-order valence-corrected chi connectivity index (χ2v) is 4.13. The van der Waals surface area contributed by atoms with Gasteiger partial charge < -0.3 is 20.5 Å². The summed E-state index contributed by atoms with van der Waals surface area (Å²) in [6.45, 7) is 2.87. The third kappa shape index (κ3) is 4.37. The van der Waals surface area contributed by atoms with Gasteiger partial charge in [0.05, 0.1) is 6.10 Å². The number of rotatable bonds is 6. The zero-order valence-corrected chi connectivity index (χ0v) is 8.98. The largest absolute Gasteiger partial charge is 0.396 e. The lowest BCUT2D eigenvalue weighted by molar-refractivity contribution is 0.0788. The van der Waals surface area contributed by atoms with E-state index in [-0.39, 0.29) is 12.6 Å². The molecule has 0 spiro atoms. The first-order valence-corrected chi connectivity index (χ1v) is 5.39. The molecule has 1 aliphatic heterocycles. The SMILES string of the molecule is CN(CC(N)CCO)CC1CCCO1. The molecular formula is C10H22N2O2. The van der Waals surface area contributed by atoms with E-state index in [1.807, 2.05) is 0 Å². The minimum atomic E-state index is 0.0754. The molecule has 4 nitrogen and oxygen atoms in total. The van der Waals surface area contributed by atoms with Crippen molar-refractivity contribution in [1.82, 2.24) is 4.90 Å². The lowest BCUT2D eigenvalue weighted by Crippen LogP contribution is -2.39. The summed E-state index contributed by atoms with van der Waals surface area (Å²) in [6.07, 6.45) is 3.41. The van der Waals surface area contributed by atoms with Crippen molar-refractivity contribution in [2.45, 2.75) is 31.4 Å². The van der Waals surface area contributed by atoms with Crippen molar-refractivity contribution in [1.29, 1.82) is 0 Å². The Balaban J connectivity index is 2.10. The molecule has 84 valence electrons. The average molecular weight is 202 g/mol. The molecule has 1 rings (SSSR count). The maximum atomic E-state index is 8.71. The molecule has 1 aliphatic rings.